The maximum Gasteiger partial charge on any atom is 0.0507 e. The van der Waals surface area contributed by atoms with Gasteiger partial charge in [-0.25, -0.2) is 0 Å². The van der Waals surface area contributed by atoms with Crippen molar-refractivity contribution < 1.29 is 4.74 Å². The van der Waals surface area contributed by atoms with Gasteiger partial charge in [0.2, 0.25) is 0 Å². The molecular formula is C12H26N2O. The van der Waals surface area contributed by atoms with Crippen LogP contribution in [0.5, 0.6) is 0 Å². The molecule has 3 nitrogen and oxygen atoms in total. The predicted octanol–water partition coefficient (Wildman–Crippen LogP) is 1.39. The van der Waals surface area contributed by atoms with E-state index >= 15 is 0 Å². The summed E-state index contributed by atoms with van der Waals surface area (Å²) in [6.45, 7) is 6.41. The van der Waals surface area contributed by atoms with Crippen LogP contribution in [0.15, 0.2) is 0 Å². The van der Waals surface area contributed by atoms with Crippen LogP contribution in [0, 0.1) is 5.92 Å². The van der Waals surface area contributed by atoms with Crippen molar-refractivity contribution in [2.45, 2.75) is 38.6 Å². The normalized spacial score (nSPS) is 23.2. The van der Waals surface area contributed by atoms with Crippen molar-refractivity contribution in [2.75, 3.05) is 33.4 Å². The summed E-state index contributed by atoms with van der Waals surface area (Å²) in [4.78, 5) is 0. The molecule has 0 aliphatic carbocycles. The minimum absolute atomic E-state index is 0.683. The van der Waals surface area contributed by atoms with E-state index in [0.29, 0.717) is 6.04 Å². The molecule has 0 radical (unpaired) electrons. The lowest BCUT2D eigenvalue weighted by Crippen LogP contribution is -2.31. The van der Waals surface area contributed by atoms with E-state index in [-0.39, 0.29) is 0 Å². The van der Waals surface area contributed by atoms with Crippen LogP contribution in [-0.4, -0.2) is 39.4 Å². The molecule has 0 saturated carbocycles. The fourth-order valence-corrected chi connectivity index (χ4v) is 2.11. The molecule has 15 heavy (non-hydrogen) atoms. The third kappa shape index (κ3) is 5.50. The molecular weight excluding hydrogens is 188 g/mol. The highest BCUT2D eigenvalue weighted by molar-refractivity contribution is 4.69. The number of hydrogen-bond acceptors (Lipinski definition) is 3. The summed E-state index contributed by atoms with van der Waals surface area (Å²) in [6.07, 6.45) is 5.02. The van der Waals surface area contributed by atoms with Gasteiger partial charge in [-0.3, -0.25) is 0 Å². The highest BCUT2D eigenvalue weighted by Crippen LogP contribution is 2.10. The average Bonchev–Trinajstić information content (AvgIpc) is 2.75. The summed E-state index contributed by atoms with van der Waals surface area (Å²) < 4.78 is 5.34. The quantitative estimate of drug-likeness (QED) is 0.599. The number of hydrogen-bond donors (Lipinski definition) is 2. The van der Waals surface area contributed by atoms with E-state index in [1.807, 2.05) is 0 Å². The van der Waals surface area contributed by atoms with Gasteiger partial charge in [-0.05, 0) is 38.8 Å². The Morgan fingerprint density at radius 3 is 2.87 bits per heavy atom. The molecule has 1 aliphatic heterocycles. The van der Waals surface area contributed by atoms with Crippen LogP contribution in [0.1, 0.15) is 32.6 Å². The first-order chi connectivity index (χ1) is 7.36. The zero-order valence-electron chi connectivity index (χ0n) is 10.2. The molecule has 3 heteroatoms. The van der Waals surface area contributed by atoms with Crippen molar-refractivity contribution in [2.24, 2.45) is 5.92 Å². The largest absolute Gasteiger partial charge is 0.381 e. The van der Waals surface area contributed by atoms with Gasteiger partial charge in [0.15, 0.2) is 0 Å². The van der Waals surface area contributed by atoms with Crippen molar-refractivity contribution >= 4 is 0 Å². The second-order valence-corrected chi connectivity index (χ2v) is 4.50. The minimum atomic E-state index is 0.683. The molecule has 2 atom stereocenters. The van der Waals surface area contributed by atoms with E-state index < -0.39 is 0 Å². The minimum Gasteiger partial charge on any atom is -0.381 e. The highest BCUT2D eigenvalue weighted by Gasteiger charge is 2.14. The molecule has 0 aromatic heterocycles. The molecule has 0 spiro atoms. The summed E-state index contributed by atoms with van der Waals surface area (Å²) in [5, 5.41) is 6.90. The van der Waals surface area contributed by atoms with Gasteiger partial charge < -0.3 is 15.4 Å². The monoisotopic (exact) mass is 214 g/mol. The fourth-order valence-electron chi connectivity index (χ4n) is 2.11. The Hall–Kier alpha value is -0.120. The fraction of sp³-hybridized carbons (Fsp3) is 1.00. The van der Waals surface area contributed by atoms with Gasteiger partial charge in [0.25, 0.3) is 0 Å². The zero-order valence-corrected chi connectivity index (χ0v) is 10.2. The summed E-state index contributed by atoms with van der Waals surface area (Å²) >= 11 is 0. The van der Waals surface area contributed by atoms with Gasteiger partial charge in [0.05, 0.1) is 6.61 Å². The van der Waals surface area contributed by atoms with Gasteiger partial charge in [-0.15, -0.1) is 0 Å². The van der Waals surface area contributed by atoms with Gasteiger partial charge >= 0.3 is 0 Å². The second-order valence-electron chi connectivity index (χ2n) is 4.50. The summed E-state index contributed by atoms with van der Waals surface area (Å²) in [5.41, 5.74) is 0. The van der Waals surface area contributed by atoms with Crippen molar-refractivity contribution in [3.05, 3.63) is 0 Å². The number of rotatable bonds is 8. The molecule has 0 aromatic carbocycles. The van der Waals surface area contributed by atoms with Crippen LogP contribution in [0.2, 0.25) is 0 Å². The Bertz CT molecular complexity index is 147. The Morgan fingerprint density at radius 1 is 1.40 bits per heavy atom. The van der Waals surface area contributed by atoms with Crippen LogP contribution in [-0.2, 0) is 4.74 Å². The van der Waals surface area contributed by atoms with Crippen LogP contribution in [0.25, 0.3) is 0 Å². The molecule has 2 unspecified atom stereocenters. The van der Waals surface area contributed by atoms with Crippen LogP contribution < -0.4 is 10.6 Å². The summed E-state index contributed by atoms with van der Waals surface area (Å²) in [5.74, 6) is 0.754. The molecule has 0 aromatic rings. The van der Waals surface area contributed by atoms with Gasteiger partial charge in [0.1, 0.15) is 0 Å². The highest BCUT2D eigenvalue weighted by atomic mass is 16.5. The van der Waals surface area contributed by atoms with Crippen molar-refractivity contribution in [3.8, 4) is 0 Å². The van der Waals surface area contributed by atoms with E-state index in [1.54, 1.807) is 0 Å². The standard InChI is InChI=1S/C12H26N2O/c1-3-4-12(13-2)5-7-14-9-11-6-8-15-10-11/h11-14H,3-10H2,1-2H3. The molecule has 0 amide bonds. The molecule has 1 fully saturated rings. The molecule has 1 heterocycles. The maximum absolute atomic E-state index is 5.34. The topological polar surface area (TPSA) is 33.3 Å². The van der Waals surface area contributed by atoms with E-state index in [4.69, 9.17) is 4.74 Å². The summed E-state index contributed by atoms with van der Waals surface area (Å²) in [6, 6.07) is 0.683. The lowest BCUT2D eigenvalue weighted by atomic mass is 10.1. The van der Waals surface area contributed by atoms with Crippen molar-refractivity contribution in [1.29, 1.82) is 0 Å². The molecule has 0 bridgehead atoms. The van der Waals surface area contributed by atoms with Crippen LogP contribution in [0.4, 0.5) is 0 Å². The Balaban J connectivity index is 1.94. The van der Waals surface area contributed by atoms with E-state index in [1.165, 1.54) is 25.7 Å². The third-order valence-electron chi connectivity index (χ3n) is 3.17. The molecule has 1 aliphatic rings. The third-order valence-corrected chi connectivity index (χ3v) is 3.17. The molecule has 1 saturated heterocycles. The smallest absolute Gasteiger partial charge is 0.0507 e. The van der Waals surface area contributed by atoms with E-state index in [0.717, 1.165) is 32.2 Å². The van der Waals surface area contributed by atoms with E-state index in [9.17, 15) is 0 Å². The molecule has 2 N–H and O–H groups in total. The Labute approximate surface area is 94.0 Å². The van der Waals surface area contributed by atoms with Crippen molar-refractivity contribution in [1.82, 2.24) is 10.6 Å². The SMILES string of the molecule is CCCC(CCNCC1CCOC1)NC. The predicted molar refractivity (Wildman–Crippen MR) is 64.2 cm³/mol. The van der Waals surface area contributed by atoms with Crippen LogP contribution >= 0.6 is 0 Å². The zero-order chi connectivity index (χ0) is 10.9. The lowest BCUT2D eigenvalue weighted by molar-refractivity contribution is 0.185. The van der Waals surface area contributed by atoms with Crippen molar-refractivity contribution in [3.63, 3.8) is 0 Å². The molecule has 90 valence electrons. The second kappa shape index (κ2) is 8.08. The number of ether oxygens (including phenoxy) is 1. The first-order valence-electron chi connectivity index (χ1n) is 6.32. The first kappa shape index (κ1) is 12.9. The Morgan fingerprint density at radius 2 is 2.27 bits per heavy atom. The lowest BCUT2D eigenvalue weighted by Gasteiger charge is -2.16. The van der Waals surface area contributed by atoms with E-state index in [2.05, 4.69) is 24.6 Å². The summed E-state index contributed by atoms with van der Waals surface area (Å²) in [7, 11) is 2.06. The average molecular weight is 214 g/mol. The van der Waals surface area contributed by atoms with Crippen LogP contribution in [0.3, 0.4) is 0 Å². The number of nitrogens with one attached hydrogen (secondary N) is 2. The maximum atomic E-state index is 5.34. The van der Waals surface area contributed by atoms with Gasteiger partial charge in [-0.1, -0.05) is 13.3 Å². The first-order valence-corrected chi connectivity index (χ1v) is 6.32. The van der Waals surface area contributed by atoms with Gasteiger partial charge in [0, 0.05) is 19.2 Å². The molecule has 1 rings (SSSR count). The van der Waals surface area contributed by atoms with Gasteiger partial charge in [-0.2, -0.15) is 0 Å². The Kier molecular flexibility index (Phi) is 6.98.